The predicted molar refractivity (Wildman–Crippen MR) is 77.1 cm³/mol. The molecule has 0 atom stereocenters. The Morgan fingerprint density at radius 3 is 2.42 bits per heavy atom. The summed E-state index contributed by atoms with van der Waals surface area (Å²) in [6.45, 7) is 8.76. The van der Waals surface area contributed by atoms with Crippen LogP contribution in [-0.2, 0) is 0 Å². The highest BCUT2D eigenvalue weighted by molar-refractivity contribution is 5.88. The molecule has 0 aliphatic heterocycles. The minimum atomic E-state index is -0.887. The molecule has 1 aliphatic rings. The van der Waals surface area contributed by atoms with E-state index in [1.165, 1.54) is 0 Å². The summed E-state index contributed by atoms with van der Waals surface area (Å²) in [5, 5.41) is 9.06. The maximum absolute atomic E-state index is 11.0. The molecule has 0 spiro atoms. The number of carboxylic acids is 1. The van der Waals surface area contributed by atoms with Crippen molar-refractivity contribution in [1.29, 1.82) is 0 Å². The highest BCUT2D eigenvalue weighted by atomic mass is 16.5. The van der Waals surface area contributed by atoms with E-state index >= 15 is 0 Å². The van der Waals surface area contributed by atoms with Gasteiger partial charge in [-0.3, -0.25) is 0 Å². The lowest BCUT2D eigenvalue weighted by molar-refractivity contribution is 0.0696. The van der Waals surface area contributed by atoms with Gasteiger partial charge in [0.1, 0.15) is 5.75 Å². The topological polar surface area (TPSA) is 46.5 Å². The average Bonchev–Trinajstić information content (AvgIpc) is 3.22. The first-order valence-corrected chi connectivity index (χ1v) is 7.07. The van der Waals surface area contributed by atoms with Gasteiger partial charge in [-0.15, -0.1) is 0 Å². The van der Waals surface area contributed by atoms with E-state index in [2.05, 4.69) is 13.8 Å². The van der Waals surface area contributed by atoms with Gasteiger partial charge >= 0.3 is 5.97 Å². The van der Waals surface area contributed by atoms with Gasteiger partial charge in [0.25, 0.3) is 0 Å². The van der Waals surface area contributed by atoms with Crippen molar-refractivity contribution in [1.82, 2.24) is 0 Å². The molecule has 1 aromatic carbocycles. The number of carbonyl (C=O) groups is 1. The normalized spacial score (nSPS) is 13.7. The van der Waals surface area contributed by atoms with Crippen LogP contribution in [0.2, 0.25) is 0 Å². The van der Waals surface area contributed by atoms with Gasteiger partial charge in [-0.1, -0.05) is 27.7 Å². The van der Waals surface area contributed by atoms with Gasteiger partial charge in [-0.25, -0.2) is 4.79 Å². The first kappa shape index (κ1) is 15.5. The quantitative estimate of drug-likeness (QED) is 0.861. The van der Waals surface area contributed by atoms with Crippen LogP contribution in [-0.4, -0.2) is 17.7 Å². The van der Waals surface area contributed by atoms with Crippen LogP contribution in [0.15, 0.2) is 18.2 Å². The number of aromatic carboxylic acids is 1. The van der Waals surface area contributed by atoms with Crippen LogP contribution >= 0.6 is 0 Å². The monoisotopic (exact) mass is 264 g/mol. The van der Waals surface area contributed by atoms with Gasteiger partial charge in [-0.2, -0.15) is 0 Å². The molecule has 106 valence electrons. The van der Waals surface area contributed by atoms with Crippen molar-refractivity contribution >= 4 is 5.97 Å². The maximum Gasteiger partial charge on any atom is 0.335 e. The summed E-state index contributed by atoms with van der Waals surface area (Å²) < 4.78 is 5.61. The van der Waals surface area contributed by atoms with E-state index in [9.17, 15) is 4.79 Å². The van der Waals surface area contributed by atoms with Crippen LogP contribution in [0.5, 0.6) is 5.75 Å². The van der Waals surface area contributed by atoms with Crippen LogP contribution in [0.1, 0.15) is 62.4 Å². The number of hydrogen-bond acceptors (Lipinski definition) is 2. The lowest BCUT2D eigenvalue weighted by atomic mass is 10.1. The van der Waals surface area contributed by atoms with E-state index in [4.69, 9.17) is 9.84 Å². The van der Waals surface area contributed by atoms with E-state index < -0.39 is 5.97 Å². The van der Waals surface area contributed by atoms with Gasteiger partial charge in [0.05, 0.1) is 12.2 Å². The molecular weight excluding hydrogens is 240 g/mol. The molecule has 1 fully saturated rings. The minimum Gasteiger partial charge on any atom is -0.493 e. The van der Waals surface area contributed by atoms with Gasteiger partial charge < -0.3 is 9.84 Å². The third kappa shape index (κ3) is 4.93. The van der Waals surface area contributed by atoms with Crippen LogP contribution in [0.3, 0.4) is 0 Å². The summed E-state index contributed by atoms with van der Waals surface area (Å²) in [4.78, 5) is 11.0. The van der Waals surface area contributed by atoms with Crippen molar-refractivity contribution in [2.45, 2.75) is 46.5 Å². The summed E-state index contributed by atoms with van der Waals surface area (Å²) in [5.74, 6) is 0.769. The lowest BCUT2D eigenvalue weighted by Crippen LogP contribution is -2.06. The molecule has 1 N–H and O–H groups in total. The summed E-state index contributed by atoms with van der Waals surface area (Å²) >= 11 is 0. The Labute approximate surface area is 115 Å². The Morgan fingerprint density at radius 2 is 1.95 bits per heavy atom. The fourth-order valence-electron chi connectivity index (χ4n) is 1.74. The Hall–Kier alpha value is -1.51. The molecule has 0 aromatic heterocycles. The Balaban J connectivity index is 0.000000861. The summed E-state index contributed by atoms with van der Waals surface area (Å²) in [6.07, 6.45) is 2.32. The molecule has 0 amide bonds. The van der Waals surface area contributed by atoms with Gasteiger partial charge in [-0.05, 0) is 48.4 Å². The molecule has 3 heteroatoms. The summed E-state index contributed by atoms with van der Waals surface area (Å²) in [6, 6.07) is 5.35. The second-order valence-corrected chi connectivity index (χ2v) is 5.08. The fraction of sp³-hybridized carbons (Fsp3) is 0.562. The molecular formula is C16H24O3. The molecule has 3 nitrogen and oxygen atoms in total. The van der Waals surface area contributed by atoms with Crippen molar-refractivity contribution in [3.8, 4) is 5.75 Å². The fourth-order valence-corrected chi connectivity index (χ4v) is 1.74. The SMILES string of the molecule is CC.CC(C)COc1cc(C(=O)O)cc(C2CC2)c1. The van der Waals surface area contributed by atoms with Crippen LogP contribution in [0.4, 0.5) is 0 Å². The molecule has 1 saturated carbocycles. The smallest absolute Gasteiger partial charge is 0.335 e. The molecule has 0 radical (unpaired) electrons. The summed E-state index contributed by atoms with van der Waals surface area (Å²) in [7, 11) is 0. The predicted octanol–water partition coefficient (Wildman–Crippen LogP) is 4.32. The summed E-state index contributed by atoms with van der Waals surface area (Å²) in [5.41, 5.74) is 1.43. The van der Waals surface area contributed by atoms with Crippen molar-refractivity contribution in [2.24, 2.45) is 5.92 Å². The van der Waals surface area contributed by atoms with Gasteiger partial charge in [0, 0.05) is 0 Å². The second kappa shape index (κ2) is 7.17. The van der Waals surface area contributed by atoms with Crippen molar-refractivity contribution in [2.75, 3.05) is 6.61 Å². The van der Waals surface area contributed by atoms with Crippen molar-refractivity contribution in [3.05, 3.63) is 29.3 Å². The zero-order valence-corrected chi connectivity index (χ0v) is 12.3. The molecule has 1 aliphatic carbocycles. The molecule has 0 saturated heterocycles. The molecule has 0 heterocycles. The van der Waals surface area contributed by atoms with E-state index in [-0.39, 0.29) is 0 Å². The number of rotatable bonds is 5. The maximum atomic E-state index is 11.0. The van der Waals surface area contributed by atoms with Crippen LogP contribution in [0, 0.1) is 5.92 Å². The number of benzene rings is 1. The zero-order chi connectivity index (χ0) is 14.4. The molecule has 1 aromatic rings. The van der Waals surface area contributed by atoms with Crippen LogP contribution in [0.25, 0.3) is 0 Å². The van der Waals surface area contributed by atoms with Crippen molar-refractivity contribution in [3.63, 3.8) is 0 Å². The second-order valence-electron chi connectivity index (χ2n) is 5.08. The number of carboxylic acid groups (broad SMARTS) is 1. The standard InChI is InChI=1S/C14H18O3.C2H6/c1-9(2)8-17-13-6-11(10-3-4-10)5-12(7-13)14(15)16;1-2/h5-7,9-10H,3-4,8H2,1-2H3,(H,15,16);1-2H3. The average molecular weight is 264 g/mol. The third-order valence-electron chi connectivity index (χ3n) is 2.81. The molecule has 19 heavy (non-hydrogen) atoms. The molecule has 0 unspecified atom stereocenters. The largest absolute Gasteiger partial charge is 0.493 e. The van der Waals surface area contributed by atoms with E-state index in [1.807, 2.05) is 19.9 Å². The first-order valence-electron chi connectivity index (χ1n) is 7.07. The highest BCUT2D eigenvalue weighted by Crippen LogP contribution is 2.41. The Kier molecular flexibility index (Phi) is 5.87. The number of ether oxygens (including phenoxy) is 1. The molecule has 2 rings (SSSR count). The first-order chi connectivity index (χ1) is 9.06. The van der Waals surface area contributed by atoms with Crippen molar-refractivity contribution < 1.29 is 14.6 Å². The van der Waals surface area contributed by atoms with E-state index in [1.54, 1.807) is 12.1 Å². The Morgan fingerprint density at radius 1 is 1.32 bits per heavy atom. The van der Waals surface area contributed by atoms with Crippen LogP contribution < -0.4 is 4.74 Å². The van der Waals surface area contributed by atoms with E-state index in [0.29, 0.717) is 29.8 Å². The lowest BCUT2D eigenvalue weighted by Gasteiger charge is -2.11. The number of hydrogen-bond donors (Lipinski definition) is 1. The van der Waals surface area contributed by atoms with E-state index in [0.717, 1.165) is 18.4 Å². The highest BCUT2D eigenvalue weighted by Gasteiger charge is 2.25. The van der Waals surface area contributed by atoms with Gasteiger partial charge in [0.2, 0.25) is 0 Å². The third-order valence-corrected chi connectivity index (χ3v) is 2.81. The zero-order valence-electron chi connectivity index (χ0n) is 12.3. The molecule has 0 bridgehead atoms. The minimum absolute atomic E-state index is 0.327. The Bertz CT molecular complexity index is 420. The van der Waals surface area contributed by atoms with Gasteiger partial charge in [0.15, 0.2) is 0 Å².